The monoisotopic (exact) mass is 384 g/mol. The summed E-state index contributed by atoms with van der Waals surface area (Å²) in [6, 6.07) is 11.1. The topological polar surface area (TPSA) is 55.8 Å². The molecule has 2 aromatic rings. The van der Waals surface area contributed by atoms with Gasteiger partial charge in [0.25, 0.3) is 0 Å². The SMILES string of the molecule is CCc1ccc(Oc2ccc(F)cc2)cc1C1=C(O)C(C)(C)OC(C)(C)C1=O. The maximum Gasteiger partial charge on any atom is 0.198 e. The van der Waals surface area contributed by atoms with Crippen molar-refractivity contribution in [3.63, 3.8) is 0 Å². The Morgan fingerprint density at radius 1 is 1.00 bits per heavy atom. The fourth-order valence-corrected chi connectivity index (χ4v) is 3.49. The number of aliphatic hydroxyl groups is 1. The molecule has 3 rings (SSSR count). The summed E-state index contributed by atoms with van der Waals surface area (Å²) in [4.78, 5) is 13.1. The van der Waals surface area contributed by atoms with Gasteiger partial charge in [-0.15, -0.1) is 0 Å². The zero-order valence-corrected chi connectivity index (χ0v) is 16.8. The summed E-state index contributed by atoms with van der Waals surface area (Å²) in [5.41, 5.74) is -0.276. The van der Waals surface area contributed by atoms with Crippen molar-refractivity contribution in [3.8, 4) is 11.5 Å². The number of hydrogen-bond donors (Lipinski definition) is 1. The molecule has 4 nitrogen and oxygen atoms in total. The van der Waals surface area contributed by atoms with Crippen LogP contribution in [0.3, 0.4) is 0 Å². The van der Waals surface area contributed by atoms with E-state index in [0.29, 0.717) is 23.5 Å². The first-order chi connectivity index (χ1) is 13.0. The molecule has 28 heavy (non-hydrogen) atoms. The Morgan fingerprint density at radius 3 is 2.21 bits per heavy atom. The van der Waals surface area contributed by atoms with Gasteiger partial charge in [-0.2, -0.15) is 0 Å². The molecule has 0 aromatic heterocycles. The van der Waals surface area contributed by atoms with Crippen molar-refractivity contribution < 1.29 is 23.8 Å². The first-order valence-corrected chi connectivity index (χ1v) is 9.30. The maximum atomic E-state index is 13.1. The Bertz CT molecular complexity index is 940. The van der Waals surface area contributed by atoms with Crippen LogP contribution in [0.5, 0.6) is 11.5 Å². The first kappa shape index (κ1) is 20.1. The minimum atomic E-state index is -1.07. The molecule has 0 amide bonds. The lowest BCUT2D eigenvalue weighted by atomic mass is 9.81. The summed E-state index contributed by atoms with van der Waals surface area (Å²) in [5, 5.41) is 10.8. The summed E-state index contributed by atoms with van der Waals surface area (Å²) >= 11 is 0. The van der Waals surface area contributed by atoms with E-state index < -0.39 is 11.2 Å². The van der Waals surface area contributed by atoms with Crippen LogP contribution in [0.2, 0.25) is 0 Å². The predicted molar refractivity (Wildman–Crippen MR) is 106 cm³/mol. The third-order valence-electron chi connectivity index (χ3n) is 4.87. The van der Waals surface area contributed by atoms with Gasteiger partial charge in [0, 0.05) is 0 Å². The van der Waals surface area contributed by atoms with Crippen LogP contribution in [0, 0.1) is 5.82 Å². The molecule has 1 aliphatic heterocycles. The van der Waals surface area contributed by atoms with Crippen molar-refractivity contribution in [1.82, 2.24) is 0 Å². The van der Waals surface area contributed by atoms with Crippen molar-refractivity contribution in [1.29, 1.82) is 0 Å². The smallest absolute Gasteiger partial charge is 0.198 e. The fraction of sp³-hybridized carbons (Fsp3) is 0.348. The second-order valence-corrected chi connectivity index (χ2v) is 7.90. The predicted octanol–water partition coefficient (Wildman–Crippen LogP) is 5.61. The average molecular weight is 384 g/mol. The quantitative estimate of drug-likeness (QED) is 0.745. The maximum absolute atomic E-state index is 13.1. The Morgan fingerprint density at radius 2 is 1.61 bits per heavy atom. The number of benzene rings is 2. The van der Waals surface area contributed by atoms with E-state index in [1.807, 2.05) is 13.0 Å². The van der Waals surface area contributed by atoms with Gasteiger partial charge < -0.3 is 14.6 Å². The Labute approximate surface area is 164 Å². The van der Waals surface area contributed by atoms with Crippen molar-refractivity contribution in [2.75, 3.05) is 0 Å². The zero-order chi connectivity index (χ0) is 20.7. The molecule has 0 aliphatic carbocycles. The number of carbonyl (C=O) groups is 1. The summed E-state index contributed by atoms with van der Waals surface area (Å²) in [7, 11) is 0. The third-order valence-corrected chi connectivity index (χ3v) is 4.87. The first-order valence-electron chi connectivity index (χ1n) is 9.30. The van der Waals surface area contributed by atoms with Crippen LogP contribution in [-0.4, -0.2) is 22.1 Å². The lowest BCUT2D eigenvalue weighted by Crippen LogP contribution is -2.49. The molecule has 1 aliphatic rings. The molecule has 1 heterocycles. The van der Waals surface area contributed by atoms with Gasteiger partial charge in [0.2, 0.25) is 0 Å². The molecule has 148 valence electrons. The average Bonchev–Trinajstić information content (AvgIpc) is 2.62. The number of rotatable bonds is 4. The number of ether oxygens (including phenoxy) is 2. The van der Waals surface area contributed by atoms with Crippen LogP contribution < -0.4 is 4.74 Å². The van der Waals surface area contributed by atoms with E-state index in [9.17, 15) is 14.3 Å². The van der Waals surface area contributed by atoms with Crippen LogP contribution in [0.15, 0.2) is 48.2 Å². The molecule has 0 unspecified atom stereocenters. The highest BCUT2D eigenvalue weighted by molar-refractivity contribution is 6.26. The van der Waals surface area contributed by atoms with Crippen LogP contribution >= 0.6 is 0 Å². The van der Waals surface area contributed by atoms with Gasteiger partial charge in [0.1, 0.15) is 34.3 Å². The minimum Gasteiger partial charge on any atom is -0.508 e. The number of halogens is 1. The van der Waals surface area contributed by atoms with E-state index in [1.165, 1.54) is 24.3 Å². The van der Waals surface area contributed by atoms with Crippen molar-refractivity contribution in [3.05, 3.63) is 65.2 Å². The highest BCUT2D eigenvalue weighted by Gasteiger charge is 2.47. The Balaban J connectivity index is 2.11. The minimum absolute atomic E-state index is 0.0922. The molecular formula is C23H25FO4. The molecule has 0 fully saturated rings. The van der Waals surface area contributed by atoms with Crippen LogP contribution in [0.1, 0.15) is 45.7 Å². The summed E-state index contributed by atoms with van der Waals surface area (Å²) in [5.74, 6) is 0.257. The van der Waals surface area contributed by atoms with Crippen molar-refractivity contribution >= 4 is 11.4 Å². The summed E-state index contributed by atoms with van der Waals surface area (Å²) in [6.45, 7) is 8.86. The standard InChI is InChI=1S/C23H25FO4/c1-6-14-7-10-17(27-16-11-8-15(24)9-12-16)13-18(14)19-20(25)22(2,3)28-23(4,5)21(19)26/h7-13,25H,6H2,1-5H3. The molecule has 0 radical (unpaired) electrons. The van der Waals surface area contributed by atoms with Crippen molar-refractivity contribution in [2.45, 2.75) is 52.2 Å². The van der Waals surface area contributed by atoms with Gasteiger partial charge in [-0.05, 0) is 81.6 Å². The molecule has 1 N–H and O–H groups in total. The molecule has 0 atom stereocenters. The third kappa shape index (κ3) is 3.67. The molecule has 0 saturated heterocycles. The van der Waals surface area contributed by atoms with Crippen LogP contribution in [0.25, 0.3) is 5.57 Å². The number of aryl methyl sites for hydroxylation is 1. The van der Waals surface area contributed by atoms with Gasteiger partial charge in [0.15, 0.2) is 5.78 Å². The fourth-order valence-electron chi connectivity index (χ4n) is 3.49. The number of Topliss-reactive ketones (excluding diaryl/α,β-unsaturated/α-hetero) is 1. The summed E-state index contributed by atoms with van der Waals surface area (Å²) < 4.78 is 24.8. The van der Waals surface area contributed by atoms with E-state index in [-0.39, 0.29) is 22.9 Å². The highest BCUT2D eigenvalue weighted by Crippen LogP contribution is 2.41. The second-order valence-electron chi connectivity index (χ2n) is 7.90. The van der Waals surface area contributed by atoms with E-state index in [0.717, 1.165) is 5.56 Å². The van der Waals surface area contributed by atoms with E-state index >= 15 is 0 Å². The number of ketones is 1. The lowest BCUT2D eigenvalue weighted by molar-refractivity contribution is -0.158. The molecule has 0 spiro atoms. The van der Waals surface area contributed by atoms with Gasteiger partial charge in [-0.25, -0.2) is 4.39 Å². The molecule has 5 heteroatoms. The van der Waals surface area contributed by atoms with Crippen LogP contribution in [-0.2, 0) is 16.0 Å². The molecule has 0 saturated carbocycles. The number of hydrogen-bond acceptors (Lipinski definition) is 4. The second kappa shape index (κ2) is 7.06. The van der Waals surface area contributed by atoms with E-state index in [1.54, 1.807) is 39.8 Å². The Kier molecular flexibility index (Phi) is 5.06. The normalized spacial score (nSPS) is 18.3. The largest absolute Gasteiger partial charge is 0.508 e. The van der Waals surface area contributed by atoms with Gasteiger partial charge in [-0.3, -0.25) is 4.79 Å². The van der Waals surface area contributed by atoms with Gasteiger partial charge in [0.05, 0.1) is 5.57 Å². The van der Waals surface area contributed by atoms with Gasteiger partial charge in [-0.1, -0.05) is 13.0 Å². The Hall–Kier alpha value is -2.66. The number of aliphatic hydroxyl groups excluding tert-OH is 1. The molecule has 2 aromatic carbocycles. The molecule has 0 bridgehead atoms. The zero-order valence-electron chi connectivity index (χ0n) is 16.8. The molecular weight excluding hydrogens is 359 g/mol. The summed E-state index contributed by atoms with van der Waals surface area (Å²) in [6.07, 6.45) is 0.679. The highest BCUT2D eigenvalue weighted by atomic mass is 19.1. The van der Waals surface area contributed by atoms with E-state index in [4.69, 9.17) is 9.47 Å². The number of carbonyl (C=O) groups excluding carboxylic acids is 1. The van der Waals surface area contributed by atoms with Crippen molar-refractivity contribution in [2.24, 2.45) is 0 Å². The van der Waals surface area contributed by atoms with E-state index in [2.05, 4.69) is 0 Å². The van der Waals surface area contributed by atoms with Crippen LogP contribution in [0.4, 0.5) is 4.39 Å². The van der Waals surface area contributed by atoms with Gasteiger partial charge >= 0.3 is 0 Å². The lowest BCUT2D eigenvalue weighted by Gasteiger charge is -2.40.